The summed E-state index contributed by atoms with van der Waals surface area (Å²) in [5.41, 5.74) is 0. The van der Waals surface area contributed by atoms with E-state index in [1.165, 1.54) is 12.8 Å². The van der Waals surface area contributed by atoms with Crippen molar-refractivity contribution in [3.8, 4) is 0 Å². The highest BCUT2D eigenvalue weighted by Gasteiger charge is 2.26. The van der Waals surface area contributed by atoms with Gasteiger partial charge in [0.25, 0.3) is 0 Å². The number of allylic oxidation sites excluding steroid dienone is 1. The number of ether oxygens (including phenoxy) is 1. The summed E-state index contributed by atoms with van der Waals surface area (Å²) < 4.78 is 5.21. The molecule has 2 nitrogen and oxygen atoms in total. The van der Waals surface area contributed by atoms with Crippen LogP contribution < -0.4 is 0 Å². The van der Waals surface area contributed by atoms with Gasteiger partial charge in [0.15, 0.2) is 0 Å². The van der Waals surface area contributed by atoms with E-state index in [2.05, 4.69) is 0 Å². The summed E-state index contributed by atoms with van der Waals surface area (Å²) in [4.78, 5) is 11.5. The zero-order chi connectivity index (χ0) is 12.0. The average molecular weight is 265 g/mol. The van der Waals surface area contributed by atoms with Crippen molar-refractivity contribution in [2.75, 3.05) is 6.61 Å². The Bertz CT molecular complexity index is 254. The maximum atomic E-state index is 11.5. The summed E-state index contributed by atoms with van der Waals surface area (Å²) in [5.74, 6) is 0.494. The topological polar surface area (TPSA) is 26.3 Å². The molecule has 0 heterocycles. The molecular formula is C12H18Cl2O2. The second-order valence-electron chi connectivity index (χ2n) is 4.17. The molecule has 0 bridgehead atoms. The molecular weight excluding hydrogens is 247 g/mol. The first-order chi connectivity index (χ1) is 7.63. The van der Waals surface area contributed by atoms with E-state index < -0.39 is 0 Å². The predicted molar refractivity (Wildman–Crippen MR) is 66.5 cm³/mol. The SMILES string of the molecule is CCOC(=O)CC(C=C(Cl)Cl)C1CCCC1. The lowest BCUT2D eigenvalue weighted by Crippen LogP contribution is -2.16. The molecule has 1 aliphatic carbocycles. The molecule has 4 heteroatoms. The molecule has 0 spiro atoms. The minimum atomic E-state index is -0.162. The van der Waals surface area contributed by atoms with Crippen LogP contribution in [-0.2, 0) is 9.53 Å². The molecule has 1 rings (SSSR count). The van der Waals surface area contributed by atoms with Gasteiger partial charge in [0.2, 0.25) is 0 Å². The van der Waals surface area contributed by atoms with Crippen molar-refractivity contribution < 1.29 is 9.53 Å². The van der Waals surface area contributed by atoms with Crippen molar-refractivity contribution in [2.24, 2.45) is 11.8 Å². The van der Waals surface area contributed by atoms with E-state index in [1.807, 2.05) is 6.92 Å². The normalized spacial score (nSPS) is 18.2. The van der Waals surface area contributed by atoms with Crippen molar-refractivity contribution in [1.82, 2.24) is 0 Å². The minimum absolute atomic E-state index is 0.131. The second kappa shape index (κ2) is 7.18. The van der Waals surface area contributed by atoms with Gasteiger partial charge in [-0.1, -0.05) is 42.1 Å². The standard InChI is InChI=1S/C12H18Cl2O2/c1-2-16-12(15)8-10(7-11(13)14)9-5-3-4-6-9/h7,9-10H,2-6,8H2,1H3. The van der Waals surface area contributed by atoms with Gasteiger partial charge in [0.1, 0.15) is 4.49 Å². The number of carbonyl (C=O) groups is 1. The lowest BCUT2D eigenvalue weighted by atomic mass is 9.88. The zero-order valence-corrected chi connectivity index (χ0v) is 11.1. The van der Waals surface area contributed by atoms with E-state index in [4.69, 9.17) is 27.9 Å². The van der Waals surface area contributed by atoms with Crippen molar-refractivity contribution >= 4 is 29.2 Å². The van der Waals surface area contributed by atoms with Crippen LogP contribution in [0.15, 0.2) is 10.6 Å². The molecule has 0 radical (unpaired) electrons. The van der Waals surface area contributed by atoms with Crippen molar-refractivity contribution in [1.29, 1.82) is 0 Å². The van der Waals surface area contributed by atoms with Gasteiger partial charge in [-0.05, 0) is 31.6 Å². The number of hydrogen-bond acceptors (Lipinski definition) is 2. The highest BCUT2D eigenvalue weighted by atomic mass is 35.5. The van der Waals surface area contributed by atoms with E-state index in [9.17, 15) is 4.79 Å². The molecule has 1 atom stereocenters. The van der Waals surface area contributed by atoms with Gasteiger partial charge in [-0.15, -0.1) is 0 Å². The first-order valence-corrected chi connectivity index (χ1v) is 6.57. The van der Waals surface area contributed by atoms with Crippen molar-refractivity contribution in [2.45, 2.75) is 39.0 Å². The first kappa shape index (κ1) is 13.9. The summed E-state index contributed by atoms with van der Waals surface area (Å²) >= 11 is 11.4. The number of esters is 1. The van der Waals surface area contributed by atoms with Crippen LogP contribution in [0.3, 0.4) is 0 Å². The Morgan fingerprint density at radius 2 is 2.06 bits per heavy atom. The first-order valence-electron chi connectivity index (χ1n) is 5.82. The molecule has 0 saturated heterocycles. The maximum absolute atomic E-state index is 11.5. The Hall–Kier alpha value is -0.210. The summed E-state index contributed by atoms with van der Waals surface area (Å²) in [6.45, 7) is 2.24. The van der Waals surface area contributed by atoms with Crippen LogP contribution in [0.1, 0.15) is 39.0 Å². The molecule has 0 aliphatic heterocycles. The lowest BCUT2D eigenvalue weighted by Gasteiger charge is -2.19. The van der Waals surface area contributed by atoms with Crippen LogP contribution in [0, 0.1) is 11.8 Å². The maximum Gasteiger partial charge on any atom is 0.306 e. The molecule has 1 saturated carbocycles. The fraction of sp³-hybridized carbons (Fsp3) is 0.750. The Balaban J connectivity index is 2.56. The van der Waals surface area contributed by atoms with Crippen LogP contribution in [0.2, 0.25) is 0 Å². The molecule has 0 aromatic carbocycles. The van der Waals surface area contributed by atoms with Crippen molar-refractivity contribution in [3.05, 3.63) is 10.6 Å². The Morgan fingerprint density at radius 3 is 2.56 bits per heavy atom. The van der Waals surface area contributed by atoms with Crippen LogP contribution in [0.25, 0.3) is 0 Å². The monoisotopic (exact) mass is 264 g/mol. The van der Waals surface area contributed by atoms with Gasteiger partial charge < -0.3 is 4.74 Å². The Labute approximate surface area is 107 Å². The Kier molecular flexibility index (Phi) is 6.22. The molecule has 0 N–H and O–H groups in total. The van der Waals surface area contributed by atoms with Gasteiger partial charge in [-0.25, -0.2) is 0 Å². The fourth-order valence-corrected chi connectivity index (χ4v) is 2.65. The zero-order valence-electron chi connectivity index (χ0n) is 9.55. The number of halogens is 2. The molecule has 1 aliphatic rings. The molecule has 0 aromatic rings. The van der Waals surface area contributed by atoms with E-state index in [0.717, 1.165) is 12.8 Å². The van der Waals surface area contributed by atoms with Gasteiger partial charge in [-0.3, -0.25) is 4.79 Å². The van der Waals surface area contributed by atoms with Gasteiger partial charge in [0, 0.05) is 0 Å². The van der Waals surface area contributed by atoms with E-state index in [0.29, 0.717) is 18.9 Å². The van der Waals surface area contributed by atoms with Gasteiger partial charge in [-0.2, -0.15) is 0 Å². The number of hydrogen-bond donors (Lipinski definition) is 0. The minimum Gasteiger partial charge on any atom is -0.466 e. The third-order valence-corrected chi connectivity index (χ3v) is 3.31. The molecule has 0 aromatic heterocycles. The van der Waals surface area contributed by atoms with Crippen LogP contribution in [0.4, 0.5) is 0 Å². The predicted octanol–water partition coefficient (Wildman–Crippen LogP) is 4.07. The quantitative estimate of drug-likeness (QED) is 0.700. The number of rotatable bonds is 5. The number of carbonyl (C=O) groups excluding carboxylic acids is 1. The smallest absolute Gasteiger partial charge is 0.306 e. The van der Waals surface area contributed by atoms with E-state index in [1.54, 1.807) is 6.08 Å². The third-order valence-electron chi connectivity index (χ3n) is 3.05. The van der Waals surface area contributed by atoms with E-state index in [-0.39, 0.29) is 16.4 Å². The summed E-state index contributed by atoms with van der Waals surface area (Å²) in [5, 5.41) is 0. The van der Waals surface area contributed by atoms with Gasteiger partial charge in [0.05, 0.1) is 13.0 Å². The second-order valence-corrected chi connectivity index (χ2v) is 5.18. The van der Waals surface area contributed by atoms with E-state index >= 15 is 0 Å². The van der Waals surface area contributed by atoms with Crippen LogP contribution in [0.5, 0.6) is 0 Å². The average Bonchev–Trinajstić information content (AvgIpc) is 2.68. The summed E-state index contributed by atoms with van der Waals surface area (Å²) in [6, 6.07) is 0. The molecule has 16 heavy (non-hydrogen) atoms. The molecule has 1 unspecified atom stereocenters. The lowest BCUT2D eigenvalue weighted by molar-refractivity contribution is -0.144. The Morgan fingerprint density at radius 1 is 1.44 bits per heavy atom. The fourth-order valence-electron chi connectivity index (χ4n) is 2.32. The summed E-state index contributed by atoms with van der Waals surface area (Å²) in [7, 11) is 0. The van der Waals surface area contributed by atoms with Crippen LogP contribution in [-0.4, -0.2) is 12.6 Å². The van der Waals surface area contributed by atoms with Crippen molar-refractivity contribution in [3.63, 3.8) is 0 Å². The molecule has 0 amide bonds. The highest BCUT2D eigenvalue weighted by Crippen LogP contribution is 2.35. The molecule has 1 fully saturated rings. The van der Waals surface area contributed by atoms with Gasteiger partial charge >= 0.3 is 5.97 Å². The summed E-state index contributed by atoms with van der Waals surface area (Å²) in [6.07, 6.45) is 6.95. The molecule has 92 valence electrons. The van der Waals surface area contributed by atoms with Crippen LogP contribution >= 0.6 is 23.2 Å². The highest BCUT2D eigenvalue weighted by molar-refractivity contribution is 6.55. The largest absolute Gasteiger partial charge is 0.466 e. The third kappa shape index (κ3) is 4.75.